The van der Waals surface area contributed by atoms with Crippen LogP contribution in [0.25, 0.3) is 0 Å². The Kier molecular flexibility index (Phi) is 6.87. The van der Waals surface area contributed by atoms with Crippen LogP contribution in [0.4, 0.5) is 11.4 Å². The maximum absolute atomic E-state index is 12.4. The Morgan fingerprint density at radius 2 is 1.07 bits per heavy atom. The highest BCUT2D eigenvalue weighted by Gasteiger charge is 2.27. The zero-order valence-corrected chi connectivity index (χ0v) is 17.5. The van der Waals surface area contributed by atoms with Crippen LogP contribution in [0, 0.1) is 34.1 Å². The van der Waals surface area contributed by atoms with Gasteiger partial charge in [-0.05, 0) is 37.1 Å². The Bertz CT molecular complexity index is 1110. The molecule has 0 atom stereocenters. The second-order valence-electron chi connectivity index (χ2n) is 6.25. The van der Waals surface area contributed by atoms with Crippen LogP contribution in [-0.4, -0.2) is 39.8 Å². The average molecular weight is 458 g/mol. The van der Waals surface area contributed by atoms with Crippen LogP contribution in [0.1, 0.15) is 11.1 Å². The molecule has 0 amide bonds. The van der Waals surface area contributed by atoms with Gasteiger partial charge in [-0.2, -0.15) is 0 Å². The maximum Gasteiger partial charge on any atom is 0.289 e. The fourth-order valence-electron chi connectivity index (χ4n) is 2.52. The summed E-state index contributed by atoms with van der Waals surface area (Å²) in [4.78, 5) is 19.4. The predicted molar refractivity (Wildman–Crippen MR) is 106 cm³/mol. The van der Waals surface area contributed by atoms with Crippen molar-refractivity contribution in [2.75, 3.05) is 13.1 Å². The quantitative estimate of drug-likeness (QED) is 0.321. The molecule has 0 spiro atoms. The fourth-order valence-corrected chi connectivity index (χ4v) is 4.89. The van der Waals surface area contributed by atoms with E-state index in [2.05, 4.69) is 9.44 Å². The van der Waals surface area contributed by atoms with E-state index in [0.29, 0.717) is 11.1 Å². The molecule has 30 heavy (non-hydrogen) atoms. The Hall–Kier alpha value is -2.94. The number of rotatable bonds is 9. The summed E-state index contributed by atoms with van der Waals surface area (Å²) >= 11 is 0. The lowest BCUT2D eigenvalue weighted by Gasteiger charge is -2.10. The minimum atomic E-state index is -4.30. The molecule has 0 saturated heterocycles. The topological polar surface area (TPSA) is 179 Å². The molecule has 0 saturated carbocycles. The van der Waals surface area contributed by atoms with E-state index < -0.39 is 64.1 Å². The predicted octanol–water partition coefficient (Wildman–Crippen LogP) is 1.38. The van der Waals surface area contributed by atoms with Crippen molar-refractivity contribution in [3.63, 3.8) is 0 Å². The van der Waals surface area contributed by atoms with Gasteiger partial charge in [-0.3, -0.25) is 20.2 Å². The highest BCUT2D eigenvalue weighted by Crippen LogP contribution is 2.25. The minimum Gasteiger partial charge on any atom is -0.258 e. The lowest BCUT2D eigenvalue weighted by Crippen LogP contribution is -2.35. The molecule has 2 aromatic carbocycles. The van der Waals surface area contributed by atoms with Gasteiger partial charge in [0, 0.05) is 25.2 Å². The van der Waals surface area contributed by atoms with Crippen LogP contribution >= 0.6 is 0 Å². The first-order valence-electron chi connectivity index (χ1n) is 8.34. The summed E-state index contributed by atoms with van der Waals surface area (Å²) in [5, 5.41) is 22.2. The molecule has 0 fully saturated rings. The van der Waals surface area contributed by atoms with Crippen molar-refractivity contribution in [2.24, 2.45) is 0 Å². The van der Waals surface area contributed by atoms with Gasteiger partial charge in [0.2, 0.25) is 20.0 Å². The zero-order valence-electron chi connectivity index (χ0n) is 15.9. The number of hydrogen-bond donors (Lipinski definition) is 2. The van der Waals surface area contributed by atoms with E-state index in [1.807, 2.05) is 0 Å². The molecule has 2 aromatic rings. The Morgan fingerprint density at radius 1 is 0.733 bits per heavy atom. The van der Waals surface area contributed by atoms with Gasteiger partial charge in [0.05, 0.1) is 9.85 Å². The summed E-state index contributed by atoms with van der Waals surface area (Å²) in [5.74, 6) is 0. The number of nitrogens with zero attached hydrogens (tertiary/aromatic N) is 2. The van der Waals surface area contributed by atoms with Gasteiger partial charge in [0.15, 0.2) is 9.79 Å². The lowest BCUT2D eigenvalue weighted by atomic mass is 10.2. The number of aryl methyl sites for hydroxylation is 2. The summed E-state index contributed by atoms with van der Waals surface area (Å²) in [6.45, 7) is 2.25. The van der Waals surface area contributed by atoms with Crippen LogP contribution in [0.3, 0.4) is 0 Å². The Balaban J connectivity index is 2.13. The number of nitrogens with one attached hydrogen (secondary N) is 2. The molecule has 2 N–H and O–H groups in total. The summed E-state index contributed by atoms with van der Waals surface area (Å²) in [7, 11) is -8.59. The largest absolute Gasteiger partial charge is 0.289 e. The SMILES string of the molecule is Cc1ccc(S(=O)(=O)NCCNS(=O)(=O)c2ccc(C)cc2[N+](=O)[O-])c([N+](=O)[O-])c1. The smallest absolute Gasteiger partial charge is 0.258 e. The van der Waals surface area contributed by atoms with E-state index in [1.165, 1.54) is 12.1 Å². The third-order valence-electron chi connectivity index (χ3n) is 3.91. The van der Waals surface area contributed by atoms with Gasteiger partial charge in [-0.15, -0.1) is 0 Å². The van der Waals surface area contributed by atoms with E-state index in [4.69, 9.17) is 0 Å². The standard InChI is InChI=1S/C16H18N4O8S2/c1-11-3-5-15(13(9-11)19(21)22)29(25,26)17-7-8-18-30(27,28)16-6-4-12(2)10-14(16)20(23)24/h3-6,9-10,17-18H,7-8H2,1-2H3. The van der Waals surface area contributed by atoms with Crippen molar-refractivity contribution >= 4 is 31.4 Å². The fraction of sp³-hybridized carbons (Fsp3) is 0.250. The van der Waals surface area contributed by atoms with Gasteiger partial charge in [-0.25, -0.2) is 26.3 Å². The molecule has 0 aliphatic heterocycles. The second-order valence-corrected chi connectivity index (χ2v) is 9.72. The molecule has 14 heteroatoms. The number of nitro groups is 2. The number of nitro benzene ring substituents is 2. The van der Waals surface area contributed by atoms with Crippen LogP contribution in [0.2, 0.25) is 0 Å². The summed E-state index contributed by atoms with van der Waals surface area (Å²) < 4.78 is 53.6. The van der Waals surface area contributed by atoms with Gasteiger partial charge in [0.1, 0.15) is 0 Å². The molecule has 0 unspecified atom stereocenters. The van der Waals surface area contributed by atoms with Crippen LogP contribution < -0.4 is 9.44 Å². The first kappa shape index (κ1) is 23.3. The Morgan fingerprint density at radius 3 is 1.37 bits per heavy atom. The van der Waals surface area contributed by atoms with Crippen LogP contribution in [0.5, 0.6) is 0 Å². The summed E-state index contributed by atoms with van der Waals surface area (Å²) in [6, 6.07) is 7.15. The molecule has 0 aromatic heterocycles. The van der Waals surface area contributed by atoms with Crippen molar-refractivity contribution in [2.45, 2.75) is 23.6 Å². The molecule has 0 heterocycles. The van der Waals surface area contributed by atoms with Gasteiger partial charge < -0.3 is 0 Å². The van der Waals surface area contributed by atoms with Crippen molar-refractivity contribution in [1.29, 1.82) is 0 Å². The Labute approximate surface area is 172 Å². The van der Waals surface area contributed by atoms with E-state index in [-0.39, 0.29) is 0 Å². The van der Waals surface area contributed by atoms with Gasteiger partial charge in [0.25, 0.3) is 11.4 Å². The van der Waals surface area contributed by atoms with E-state index in [9.17, 15) is 37.1 Å². The van der Waals surface area contributed by atoms with E-state index in [0.717, 1.165) is 24.3 Å². The average Bonchev–Trinajstić information content (AvgIpc) is 2.64. The zero-order chi connectivity index (χ0) is 22.7. The van der Waals surface area contributed by atoms with Gasteiger partial charge >= 0.3 is 0 Å². The van der Waals surface area contributed by atoms with Crippen molar-refractivity contribution < 1.29 is 26.7 Å². The van der Waals surface area contributed by atoms with E-state index >= 15 is 0 Å². The van der Waals surface area contributed by atoms with Crippen molar-refractivity contribution in [3.8, 4) is 0 Å². The summed E-state index contributed by atoms with van der Waals surface area (Å²) in [6.07, 6.45) is 0. The third-order valence-corrected chi connectivity index (χ3v) is 6.93. The number of hydrogen-bond acceptors (Lipinski definition) is 8. The monoisotopic (exact) mass is 458 g/mol. The first-order chi connectivity index (χ1) is 13.8. The molecule has 0 aliphatic rings. The number of sulfonamides is 2. The van der Waals surface area contributed by atoms with Crippen LogP contribution in [-0.2, 0) is 20.0 Å². The van der Waals surface area contributed by atoms with Crippen molar-refractivity contribution in [3.05, 3.63) is 67.8 Å². The van der Waals surface area contributed by atoms with Gasteiger partial charge in [-0.1, -0.05) is 12.1 Å². The molecular weight excluding hydrogens is 440 g/mol. The number of benzene rings is 2. The molecule has 162 valence electrons. The normalized spacial score (nSPS) is 11.9. The minimum absolute atomic E-state index is 0.438. The molecule has 0 aliphatic carbocycles. The second kappa shape index (κ2) is 8.83. The first-order valence-corrected chi connectivity index (χ1v) is 11.3. The van der Waals surface area contributed by atoms with Crippen LogP contribution in [0.15, 0.2) is 46.2 Å². The highest BCUT2D eigenvalue weighted by atomic mass is 32.2. The van der Waals surface area contributed by atoms with E-state index in [1.54, 1.807) is 13.8 Å². The molecular formula is C16H18N4O8S2. The highest BCUT2D eigenvalue weighted by molar-refractivity contribution is 7.90. The maximum atomic E-state index is 12.4. The summed E-state index contributed by atoms with van der Waals surface area (Å²) in [5.41, 5.74) is -0.238. The molecule has 0 bridgehead atoms. The molecule has 0 radical (unpaired) electrons. The molecule has 12 nitrogen and oxygen atoms in total. The molecule has 2 rings (SSSR count). The lowest BCUT2D eigenvalue weighted by molar-refractivity contribution is -0.388. The third kappa shape index (κ3) is 5.35. The van der Waals surface area contributed by atoms with Crippen molar-refractivity contribution in [1.82, 2.24) is 9.44 Å².